The summed E-state index contributed by atoms with van der Waals surface area (Å²) in [5.74, 6) is 0.266. The molecule has 0 fully saturated rings. The number of nitrogens with zero attached hydrogens (tertiary/aromatic N) is 7. The molecule has 0 atom stereocenters. The third-order valence-electron chi connectivity index (χ3n) is 13.3. The fourth-order valence-electron chi connectivity index (χ4n) is 9.87. The predicted molar refractivity (Wildman–Crippen MR) is 286 cm³/mol. The lowest BCUT2D eigenvalue weighted by molar-refractivity contribution is -0.137. The van der Waals surface area contributed by atoms with E-state index in [4.69, 9.17) is 23.1 Å². The van der Waals surface area contributed by atoms with Crippen LogP contribution in [-0.2, 0) is 12.4 Å². The summed E-state index contributed by atoms with van der Waals surface area (Å²) < 4.78 is 95.5. The van der Waals surface area contributed by atoms with Gasteiger partial charge in [0.1, 0.15) is 0 Å². The fourth-order valence-corrected chi connectivity index (χ4v) is 9.87. The van der Waals surface area contributed by atoms with E-state index in [1.54, 1.807) is 95.6 Å². The minimum absolute atomic E-state index is 0.0215. The maximum absolute atomic E-state index is 15.6. The van der Waals surface area contributed by atoms with E-state index in [0.717, 1.165) is 12.1 Å². The maximum atomic E-state index is 15.6. The monoisotopic (exact) mass is 1010 g/mol. The van der Waals surface area contributed by atoms with Crippen LogP contribution in [0.4, 0.5) is 37.7 Å². The summed E-state index contributed by atoms with van der Waals surface area (Å²) in [6, 6.07) is 56.9. The second-order valence-corrected chi connectivity index (χ2v) is 18.0. The fraction of sp³-hybridized carbons (Fsp3) is 0.0312. The van der Waals surface area contributed by atoms with E-state index in [-0.39, 0.29) is 67.5 Å². The number of fused-ring (bicyclic) bond motifs is 3. The number of hydrogen-bond acceptors (Lipinski definition) is 4. The van der Waals surface area contributed by atoms with Crippen molar-refractivity contribution in [2.75, 3.05) is 0 Å². The van der Waals surface area contributed by atoms with Crippen molar-refractivity contribution in [3.8, 4) is 96.2 Å². The number of hydrogen-bond donors (Lipinski definition) is 0. The van der Waals surface area contributed by atoms with Crippen molar-refractivity contribution in [2.45, 2.75) is 12.4 Å². The van der Waals surface area contributed by atoms with Crippen molar-refractivity contribution >= 4 is 33.2 Å². The molecule has 7 nitrogen and oxygen atoms in total. The van der Waals surface area contributed by atoms with Crippen LogP contribution in [0.3, 0.4) is 0 Å². The molecule has 0 aliphatic heterocycles. The highest BCUT2D eigenvalue weighted by atomic mass is 19.4. The van der Waals surface area contributed by atoms with Gasteiger partial charge in [-0.25, -0.2) is 19.7 Å². The molecular weight excluding hydrogens is 981 g/mol. The molecule has 0 aliphatic carbocycles. The maximum Gasteiger partial charge on any atom is 0.417 e. The number of nitriles is 2. The first-order valence-electron chi connectivity index (χ1n) is 23.7. The summed E-state index contributed by atoms with van der Waals surface area (Å²) >= 11 is 0. The lowest BCUT2D eigenvalue weighted by atomic mass is 9.88. The minimum atomic E-state index is -4.95. The second-order valence-electron chi connectivity index (χ2n) is 18.0. The summed E-state index contributed by atoms with van der Waals surface area (Å²) in [7, 11) is 0. The van der Waals surface area contributed by atoms with Crippen LogP contribution in [0.25, 0.3) is 116 Å². The Morgan fingerprint density at radius 1 is 0.403 bits per heavy atom. The molecule has 0 spiro atoms. The molecule has 2 aromatic heterocycles. The van der Waals surface area contributed by atoms with Crippen LogP contribution in [0.2, 0.25) is 0 Å². The van der Waals surface area contributed by atoms with Crippen LogP contribution in [0, 0.1) is 35.8 Å². The Kier molecular flexibility index (Phi) is 12.2. The van der Waals surface area contributed by atoms with Crippen molar-refractivity contribution in [3.05, 3.63) is 245 Å². The predicted octanol–water partition coefficient (Wildman–Crippen LogP) is 18.1. The van der Waals surface area contributed by atoms with Crippen LogP contribution in [0.5, 0.6) is 0 Å². The van der Waals surface area contributed by atoms with Gasteiger partial charge in [0.05, 0.1) is 64.5 Å². The largest absolute Gasteiger partial charge is 0.417 e. The molecule has 11 aromatic rings. The average molecular weight is 1010 g/mol. The van der Waals surface area contributed by atoms with Gasteiger partial charge >= 0.3 is 12.4 Å². The zero-order chi connectivity index (χ0) is 53.6. The smallest absolute Gasteiger partial charge is 0.308 e. The summed E-state index contributed by atoms with van der Waals surface area (Å²) in [6.07, 6.45) is -9.89. The molecule has 9 aromatic carbocycles. The first kappa shape index (κ1) is 48.7. The molecule has 366 valence electrons. The van der Waals surface area contributed by atoms with Gasteiger partial charge in [0.25, 0.3) is 0 Å². The zero-order valence-electron chi connectivity index (χ0n) is 40.0. The van der Waals surface area contributed by atoms with E-state index >= 15 is 26.3 Å². The van der Waals surface area contributed by atoms with Gasteiger partial charge < -0.3 is 4.57 Å². The lowest BCUT2D eigenvalue weighted by Crippen LogP contribution is -2.11. The van der Waals surface area contributed by atoms with Crippen LogP contribution >= 0.6 is 0 Å². The van der Waals surface area contributed by atoms with Crippen molar-refractivity contribution in [2.24, 2.45) is 0 Å². The molecule has 0 radical (unpaired) electrons. The van der Waals surface area contributed by atoms with Crippen LogP contribution in [-0.4, -0.2) is 14.5 Å². The molecule has 13 heteroatoms. The first-order valence-corrected chi connectivity index (χ1v) is 23.7. The van der Waals surface area contributed by atoms with Crippen LogP contribution in [0.15, 0.2) is 200 Å². The van der Waals surface area contributed by atoms with Gasteiger partial charge in [-0.15, -0.1) is 0 Å². The van der Waals surface area contributed by atoms with E-state index in [2.05, 4.69) is 21.8 Å². The summed E-state index contributed by atoms with van der Waals surface area (Å²) in [6.45, 7) is 15.5. The molecule has 2 heterocycles. The minimum Gasteiger partial charge on any atom is -0.308 e. The molecule has 77 heavy (non-hydrogen) atoms. The topological polar surface area (TPSA) is 87.0 Å². The molecule has 0 N–H and O–H groups in total. The van der Waals surface area contributed by atoms with Crippen molar-refractivity contribution in [3.63, 3.8) is 0 Å². The number of benzene rings is 9. The van der Waals surface area contributed by atoms with E-state index in [1.807, 2.05) is 36.4 Å². The normalized spacial score (nSPS) is 11.5. The SMILES string of the molecule is [C-]#[N+]c1cc(C#N)cc(-c2ccc3c(c2)c2cc(-c4cc(C#N)cc([N+]#[C-])c4)ccc2n3-c2c(-c3ccccc3C(F)(F)F)cc(-c3cc(-c4ccccc4)nc(-c4ccccc4)n3)cc2-c2ccccc2C(F)(F)F)c1. The zero-order valence-corrected chi connectivity index (χ0v) is 40.0. The Morgan fingerprint density at radius 2 is 0.831 bits per heavy atom. The number of aromatic nitrogens is 3. The van der Waals surface area contributed by atoms with Crippen molar-refractivity contribution < 1.29 is 26.3 Å². The summed E-state index contributed by atoms with van der Waals surface area (Å²) in [5.41, 5.74) is 2.97. The highest BCUT2D eigenvalue weighted by molar-refractivity contribution is 6.13. The third-order valence-corrected chi connectivity index (χ3v) is 13.3. The van der Waals surface area contributed by atoms with Crippen molar-refractivity contribution in [1.29, 1.82) is 10.5 Å². The molecular formula is C64H33F6N7. The summed E-state index contributed by atoms with van der Waals surface area (Å²) in [4.78, 5) is 17.0. The van der Waals surface area contributed by atoms with Crippen molar-refractivity contribution in [1.82, 2.24) is 14.5 Å². The van der Waals surface area contributed by atoms with Gasteiger partial charge in [-0.2, -0.15) is 36.9 Å². The highest BCUT2D eigenvalue weighted by Gasteiger charge is 2.37. The average Bonchev–Trinajstić information content (AvgIpc) is 4.08. The number of rotatable bonds is 8. The molecule has 0 amide bonds. The Bertz CT molecular complexity index is 4030. The van der Waals surface area contributed by atoms with Gasteiger partial charge in [-0.05, 0) is 124 Å². The Labute approximate surface area is 436 Å². The van der Waals surface area contributed by atoms with Crippen LogP contribution in [0.1, 0.15) is 22.3 Å². The van der Waals surface area contributed by atoms with E-state index < -0.39 is 23.5 Å². The molecule has 0 saturated heterocycles. The molecule has 0 saturated carbocycles. The molecule has 11 rings (SSSR count). The van der Waals surface area contributed by atoms with Gasteiger partial charge in [-0.1, -0.05) is 109 Å². The first-order chi connectivity index (χ1) is 37.2. The lowest BCUT2D eigenvalue weighted by Gasteiger charge is -2.24. The second kappa shape index (κ2) is 19.3. The quantitative estimate of drug-likeness (QED) is 0.112. The number of halogens is 6. The van der Waals surface area contributed by atoms with E-state index in [1.165, 1.54) is 60.7 Å². The van der Waals surface area contributed by atoms with Gasteiger partial charge in [0, 0.05) is 49.7 Å². The third kappa shape index (κ3) is 9.16. The summed E-state index contributed by atoms with van der Waals surface area (Å²) in [5, 5.41) is 20.9. The van der Waals surface area contributed by atoms with Gasteiger partial charge in [0.2, 0.25) is 0 Å². The molecule has 0 unspecified atom stereocenters. The standard InChI is InChI=1S/C64H33F6N7/c1-73-47-27-38(36-71)25-44(29-47)42-21-23-59-51(31-42)52-32-43(45-26-39(37-72)28-48(30-45)74-2)22-24-60(52)77(59)61-53(49-17-9-11-19-55(49)63(65,66)67)33-46(34-54(61)50-18-10-12-20-56(50)64(68,69)70)58-35-57(40-13-5-3-6-14-40)75-62(76-58)41-15-7-4-8-16-41/h3-35H. The highest BCUT2D eigenvalue weighted by Crippen LogP contribution is 2.50. The van der Waals surface area contributed by atoms with Crippen LogP contribution < -0.4 is 0 Å². The molecule has 0 bridgehead atoms. The molecule has 0 aliphatic rings. The number of alkyl halides is 6. The Hall–Kier alpha value is -10.6. The Morgan fingerprint density at radius 3 is 1.27 bits per heavy atom. The van der Waals surface area contributed by atoms with Gasteiger partial charge in [-0.3, -0.25) is 0 Å². The van der Waals surface area contributed by atoms with E-state index in [9.17, 15) is 10.5 Å². The van der Waals surface area contributed by atoms with Gasteiger partial charge in [0.15, 0.2) is 17.2 Å². The van der Waals surface area contributed by atoms with E-state index in [0.29, 0.717) is 60.9 Å². The Balaban J connectivity index is 1.32.